The number of benzene rings is 2. The van der Waals surface area contributed by atoms with Crippen molar-refractivity contribution in [2.75, 3.05) is 20.3 Å². The Morgan fingerprint density at radius 1 is 1.27 bits per heavy atom. The van der Waals surface area contributed by atoms with E-state index >= 15 is 0 Å². The summed E-state index contributed by atoms with van der Waals surface area (Å²) in [4.78, 5) is 16.3. The highest BCUT2D eigenvalue weighted by Gasteiger charge is 2.30. The zero-order chi connectivity index (χ0) is 21.3. The van der Waals surface area contributed by atoms with Crippen LogP contribution in [0.15, 0.2) is 42.5 Å². The summed E-state index contributed by atoms with van der Waals surface area (Å²) >= 11 is 0. The lowest BCUT2D eigenvalue weighted by molar-refractivity contribution is -0.137. The van der Waals surface area contributed by atoms with Gasteiger partial charge in [0.25, 0.3) is 0 Å². The minimum atomic E-state index is -4.34. The summed E-state index contributed by atoms with van der Waals surface area (Å²) < 4.78 is 50.5. The van der Waals surface area contributed by atoms with Crippen LogP contribution in [0.3, 0.4) is 0 Å². The van der Waals surface area contributed by atoms with Crippen molar-refractivity contribution < 1.29 is 27.4 Å². The van der Waals surface area contributed by atoms with Crippen molar-refractivity contribution in [1.29, 1.82) is 0 Å². The standard InChI is InChI=1S/C21H20F3N3O3/c1-29-20(28)14-4-7-18-17(8-14)26-19-12-30-11-16(27(18)19)10-25-9-13-2-5-15(6-3-13)21(22,23)24/h2-8,16,25H,9-12H2,1H3/t16-/m0/s1. The summed E-state index contributed by atoms with van der Waals surface area (Å²) in [6, 6.07) is 10.3. The number of halogens is 3. The molecular weight excluding hydrogens is 399 g/mol. The molecule has 1 N–H and O–H groups in total. The number of hydrogen-bond acceptors (Lipinski definition) is 5. The van der Waals surface area contributed by atoms with Gasteiger partial charge >= 0.3 is 12.1 Å². The van der Waals surface area contributed by atoms with Crippen molar-refractivity contribution in [3.8, 4) is 0 Å². The van der Waals surface area contributed by atoms with Crippen molar-refractivity contribution >= 4 is 17.0 Å². The van der Waals surface area contributed by atoms with Crippen molar-refractivity contribution in [3.05, 3.63) is 65.0 Å². The van der Waals surface area contributed by atoms with Gasteiger partial charge in [-0.1, -0.05) is 12.1 Å². The molecule has 2 aromatic carbocycles. The average molecular weight is 419 g/mol. The number of fused-ring (bicyclic) bond motifs is 3. The van der Waals surface area contributed by atoms with Crippen molar-refractivity contribution in [2.45, 2.75) is 25.4 Å². The molecular formula is C21H20F3N3O3. The van der Waals surface area contributed by atoms with E-state index < -0.39 is 17.7 Å². The fourth-order valence-corrected chi connectivity index (χ4v) is 3.61. The van der Waals surface area contributed by atoms with Gasteiger partial charge in [-0.25, -0.2) is 9.78 Å². The van der Waals surface area contributed by atoms with Gasteiger partial charge in [0.05, 0.1) is 41.9 Å². The van der Waals surface area contributed by atoms with Gasteiger partial charge in [-0.05, 0) is 35.9 Å². The van der Waals surface area contributed by atoms with Gasteiger partial charge < -0.3 is 19.4 Å². The topological polar surface area (TPSA) is 65.4 Å². The summed E-state index contributed by atoms with van der Waals surface area (Å²) in [7, 11) is 1.33. The Hall–Kier alpha value is -2.91. The smallest absolute Gasteiger partial charge is 0.416 e. The molecule has 1 atom stereocenters. The molecule has 0 spiro atoms. The number of nitrogens with one attached hydrogen (secondary N) is 1. The third-order valence-electron chi connectivity index (χ3n) is 5.08. The Morgan fingerprint density at radius 2 is 2.03 bits per heavy atom. The number of rotatable bonds is 5. The number of nitrogens with zero attached hydrogens (tertiary/aromatic N) is 2. The largest absolute Gasteiger partial charge is 0.465 e. The predicted octanol–water partition coefficient (Wildman–Crippen LogP) is 3.70. The molecule has 1 aromatic heterocycles. The number of methoxy groups -OCH3 is 1. The molecule has 0 saturated heterocycles. The lowest BCUT2D eigenvalue weighted by atomic mass is 10.1. The number of carbonyl (C=O) groups excluding carboxylic acids is 1. The Balaban J connectivity index is 1.47. The van der Waals surface area contributed by atoms with Crippen molar-refractivity contribution in [1.82, 2.24) is 14.9 Å². The molecule has 3 aromatic rings. The van der Waals surface area contributed by atoms with E-state index in [1.807, 2.05) is 6.07 Å². The molecule has 1 aliphatic heterocycles. The summed E-state index contributed by atoms with van der Waals surface area (Å²) in [5.41, 5.74) is 2.11. The fraction of sp³-hybridized carbons (Fsp3) is 0.333. The molecule has 0 fully saturated rings. The number of alkyl halides is 3. The molecule has 0 radical (unpaired) electrons. The minimum absolute atomic E-state index is 0.0304. The van der Waals surface area contributed by atoms with E-state index in [4.69, 9.17) is 9.47 Å². The number of imidazole rings is 1. The highest BCUT2D eigenvalue weighted by atomic mass is 19.4. The van der Waals surface area contributed by atoms with Crippen LogP contribution >= 0.6 is 0 Å². The lowest BCUT2D eigenvalue weighted by Gasteiger charge is -2.26. The van der Waals surface area contributed by atoms with Gasteiger partial charge in [0.15, 0.2) is 0 Å². The van der Waals surface area contributed by atoms with Crippen LogP contribution in [0.25, 0.3) is 11.0 Å². The summed E-state index contributed by atoms with van der Waals surface area (Å²) in [6.07, 6.45) is -4.34. The van der Waals surface area contributed by atoms with Crippen molar-refractivity contribution in [2.24, 2.45) is 0 Å². The van der Waals surface area contributed by atoms with Gasteiger partial charge in [-0.2, -0.15) is 13.2 Å². The van der Waals surface area contributed by atoms with Crippen LogP contribution in [0.1, 0.15) is 33.4 Å². The van der Waals surface area contributed by atoms with E-state index in [1.54, 1.807) is 12.1 Å². The summed E-state index contributed by atoms with van der Waals surface area (Å²) in [6.45, 7) is 1.84. The van der Waals surface area contributed by atoms with Gasteiger partial charge in [-0.15, -0.1) is 0 Å². The number of aromatic nitrogens is 2. The van der Waals surface area contributed by atoms with E-state index in [1.165, 1.54) is 19.2 Å². The van der Waals surface area contributed by atoms with Gasteiger partial charge in [-0.3, -0.25) is 0 Å². The van der Waals surface area contributed by atoms with Crippen LogP contribution in [-0.2, 0) is 28.8 Å². The first kappa shape index (κ1) is 20.4. The average Bonchev–Trinajstić information content (AvgIpc) is 3.11. The molecule has 0 unspecified atom stereocenters. The molecule has 2 heterocycles. The van der Waals surface area contributed by atoms with E-state index in [9.17, 15) is 18.0 Å². The first-order valence-electron chi connectivity index (χ1n) is 9.40. The van der Waals surface area contributed by atoms with Gasteiger partial charge in [0, 0.05) is 13.1 Å². The Labute approximate surface area is 170 Å². The van der Waals surface area contributed by atoms with Crippen LogP contribution in [-0.4, -0.2) is 35.8 Å². The van der Waals surface area contributed by atoms with Crippen LogP contribution in [0.4, 0.5) is 13.2 Å². The number of esters is 1. The lowest BCUT2D eigenvalue weighted by Crippen LogP contribution is -2.32. The molecule has 0 bridgehead atoms. The van der Waals surface area contributed by atoms with E-state index in [2.05, 4.69) is 14.9 Å². The second-order valence-corrected chi connectivity index (χ2v) is 7.09. The summed E-state index contributed by atoms with van der Waals surface area (Å²) in [5.74, 6) is 0.341. The third-order valence-corrected chi connectivity index (χ3v) is 5.08. The molecule has 0 aliphatic carbocycles. The zero-order valence-electron chi connectivity index (χ0n) is 16.2. The molecule has 158 valence electrons. The number of hydrogen-bond donors (Lipinski definition) is 1. The van der Waals surface area contributed by atoms with Crippen LogP contribution < -0.4 is 5.32 Å². The maximum absolute atomic E-state index is 12.7. The van der Waals surface area contributed by atoms with Crippen LogP contribution in [0, 0.1) is 0 Å². The SMILES string of the molecule is COC(=O)c1ccc2c(c1)nc1n2[C@@H](CNCc2ccc(C(F)(F)F)cc2)COC1. The highest BCUT2D eigenvalue weighted by Crippen LogP contribution is 2.29. The maximum atomic E-state index is 12.7. The van der Waals surface area contributed by atoms with Crippen LogP contribution in [0.5, 0.6) is 0 Å². The monoisotopic (exact) mass is 419 g/mol. The van der Waals surface area contributed by atoms with E-state index in [0.717, 1.165) is 29.0 Å². The zero-order valence-corrected chi connectivity index (χ0v) is 16.2. The number of carbonyl (C=O) groups is 1. The fourth-order valence-electron chi connectivity index (χ4n) is 3.61. The van der Waals surface area contributed by atoms with Gasteiger partial charge in [0.1, 0.15) is 12.4 Å². The highest BCUT2D eigenvalue weighted by molar-refractivity contribution is 5.93. The quantitative estimate of drug-likeness (QED) is 0.639. The minimum Gasteiger partial charge on any atom is -0.465 e. The van der Waals surface area contributed by atoms with Crippen LogP contribution in [0.2, 0.25) is 0 Å². The second-order valence-electron chi connectivity index (χ2n) is 7.09. The second kappa shape index (κ2) is 8.08. The molecule has 0 saturated carbocycles. The Bertz CT molecular complexity index is 1060. The van der Waals surface area contributed by atoms with E-state index in [0.29, 0.717) is 37.4 Å². The summed E-state index contributed by atoms with van der Waals surface area (Å²) in [5, 5.41) is 3.28. The molecule has 4 rings (SSSR count). The predicted molar refractivity (Wildman–Crippen MR) is 103 cm³/mol. The number of ether oxygens (including phenoxy) is 2. The normalized spacial score (nSPS) is 16.5. The van der Waals surface area contributed by atoms with E-state index in [-0.39, 0.29) is 6.04 Å². The maximum Gasteiger partial charge on any atom is 0.416 e. The molecule has 30 heavy (non-hydrogen) atoms. The Kier molecular flexibility index (Phi) is 5.48. The molecule has 9 heteroatoms. The molecule has 6 nitrogen and oxygen atoms in total. The molecule has 0 amide bonds. The van der Waals surface area contributed by atoms with Gasteiger partial charge in [0.2, 0.25) is 0 Å². The third kappa shape index (κ3) is 4.03. The van der Waals surface area contributed by atoms with Crippen molar-refractivity contribution in [3.63, 3.8) is 0 Å². The molecule has 1 aliphatic rings. The Morgan fingerprint density at radius 3 is 2.73 bits per heavy atom. The first-order chi connectivity index (χ1) is 14.4. The first-order valence-corrected chi connectivity index (χ1v) is 9.40.